The van der Waals surface area contributed by atoms with E-state index in [1.165, 1.54) is 0 Å². The molecular formula is C7H9NO2. The third-order valence-electron chi connectivity index (χ3n) is 1.33. The minimum atomic E-state index is -0.563. The van der Waals surface area contributed by atoms with Gasteiger partial charge in [0.2, 0.25) is 0 Å². The van der Waals surface area contributed by atoms with E-state index in [2.05, 4.69) is 11.8 Å². The van der Waals surface area contributed by atoms with Gasteiger partial charge in [0, 0.05) is 12.5 Å². The molecular weight excluding hydrogens is 130 g/mol. The smallest absolute Gasteiger partial charge is 0.293 e. The molecule has 10 heavy (non-hydrogen) atoms. The molecule has 0 aromatic carbocycles. The number of carbonyl (C=O) groups excluding carboxylic acids is 1. The molecule has 0 radical (unpaired) electrons. The molecule has 0 bridgehead atoms. The van der Waals surface area contributed by atoms with E-state index in [-0.39, 0.29) is 5.92 Å². The summed E-state index contributed by atoms with van der Waals surface area (Å²) < 4.78 is 5.03. The zero-order valence-electron chi connectivity index (χ0n) is 5.59. The van der Waals surface area contributed by atoms with Gasteiger partial charge in [0.05, 0.1) is 6.61 Å². The highest BCUT2D eigenvalue weighted by Gasteiger charge is 2.11. The zero-order chi connectivity index (χ0) is 7.40. The number of rotatable bonds is 0. The Hall–Kier alpha value is -1.01. The van der Waals surface area contributed by atoms with Crippen molar-refractivity contribution < 1.29 is 9.53 Å². The van der Waals surface area contributed by atoms with Crippen molar-refractivity contribution in [1.29, 1.82) is 0 Å². The van der Waals surface area contributed by atoms with E-state index in [9.17, 15) is 4.79 Å². The summed E-state index contributed by atoms with van der Waals surface area (Å²) in [5, 5.41) is 0. The van der Waals surface area contributed by atoms with Crippen molar-refractivity contribution in [1.82, 2.24) is 0 Å². The molecule has 3 heteroatoms. The van der Waals surface area contributed by atoms with Crippen LogP contribution in [0.5, 0.6) is 0 Å². The lowest BCUT2D eigenvalue weighted by Crippen LogP contribution is -2.07. The van der Waals surface area contributed by atoms with Crippen LogP contribution < -0.4 is 5.73 Å². The van der Waals surface area contributed by atoms with E-state index in [4.69, 9.17) is 10.5 Å². The summed E-state index contributed by atoms with van der Waals surface area (Å²) in [6, 6.07) is 0. The van der Waals surface area contributed by atoms with Crippen molar-refractivity contribution in [2.24, 2.45) is 11.7 Å². The molecule has 1 aliphatic rings. The van der Waals surface area contributed by atoms with Gasteiger partial charge in [0.15, 0.2) is 0 Å². The zero-order valence-corrected chi connectivity index (χ0v) is 5.59. The predicted octanol–water partition coefficient (Wildman–Crippen LogP) is -0.488. The lowest BCUT2D eigenvalue weighted by molar-refractivity contribution is -0.112. The van der Waals surface area contributed by atoms with Gasteiger partial charge in [-0.1, -0.05) is 5.92 Å². The molecule has 1 atom stereocenters. The SMILES string of the molecule is NC(=O)C#CC1CCOC1. The van der Waals surface area contributed by atoms with Crippen molar-refractivity contribution in [3.63, 3.8) is 0 Å². The fraction of sp³-hybridized carbons (Fsp3) is 0.571. The van der Waals surface area contributed by atoms with E-state index in [0.717, 1.165) is 13.0 Å². The van der Waals surface area contributed by atoms with Gasteiger partial charge in [-0.25, -0.2) is 0 Å². The Balaban J connectivity index is 2.38. The van der Waals surface area contributed by atoms with Crippen LogP contribution in [-0.2, 0) is 9.53 Å². The van der Waals surface area contributed by atoms with Crippen LogP contribution in [0.4, 0.5) is 0 Å². The van der Waals surface area contributed by atoms with Crippen LogP contribution in [0, 0.1) is 17.8 Å². The molecule has 0 aromatic rings. The first kappa shape index (κ1) is 7.10. The summed E-state index contributed by atoms with van der Waals surface area (Å²) in [5.74, 6) is 4.68. The molecule has 2 N–H and O–H groups in total. The first-order valence-corrected chi connectivity index (χ1v) is 3.18. The van der Waals surface area contributed by atoms with Gasteiger partial charge in [0.1, 0.15) is 0 Å². The van der Waals surface area contributed by atoms with Crippen molar-refractivity contribution in [3.05, 3.63) is 0 Å². The Bertz CT molecular complexity index is 184. The molecule has 1 unspecified atom stereocenters. The Morgan fingerprint density at radius 3 is 3.00 bits per heavy atom. The van der Waals surface area contributed by atoms with Crippen LogP contribution in [0.15, 0.2) is 0 Å². The van der Waals surface area contributed by atoms with Crippen LogP contribution in [0.3, 0.4) is 0 Å². The fourth-order valence-electron chi connectivity index (χ4n) is 0.822. The second-order valence-electron chi connectivity index (χ2n) is 2.19. The topological polar surface area (TPSA) is 52.3 Å². The average Bonchev–Trinajstić information content (AvgIpc) is 2.34. The molecule has 1 rings (SSSR count). The van der Waals surface area contributed by atoms with Crippen LogP contribution in [0.25, 0.3) is 0 Å². The molecule has 54 valence electrons. The Labute approximate surface area is 59.5 Å². The monoisotopic (exact) mass is 139 g/mol. The number of primary amides is 1. The number of nitrogens with two attached hydrogens (primary N) is 1. The van der Waals surface area contributed by atoms with Crippen molar-refractivity contribution in [2.45, 2.75) is 6.42 Å². The van der Waals surface area contributed by atoms with E-state index >= 15 is 0 Å². The van der Waals surface area contributed by atoms with Crippen molar-refractivity contribution in [2.75, 3.05) is 13.2 Å². The summed E-state index contributed by atoms with van der Waals surface area (Å²) in [4.78, 5) is 10.2. The molecule has 0 aromatic heterocycles. The molecule has 0 aliphatic carbocycles. The number of ether oxygens (including phenoxy) is 1. The van der Waals surface area contributed by atoms with Gasteiger partial charge in [-0.3, -0.25) is 4.79 Å². The van der Waals surface area contributed by atoms with E-state index in [1.807, 2.05) is 0 Å². The molecule has 1 fully saturated rings. The normalized spacial score (nSPS) is 23.4. The number of amides is 1. The first-order valence-electron chi connectivity index (χ1n) is 3.18. The Morgan fingerprint density at radius 2 is 2.50 bits per heavy atom. The van der Waals surface area contributed by atoms with Gasteiger partial charge >= 0.3 is 0 Å². The molecule has 1 aliphatic heterocycles. The molecule has 1 amide bonds. The first-order chi connectivity index (χ1) is 4.79. The number of hydrogen-bond acceptors (Lipinski definition) is 2. The van der Waals surface area contributed by atoms with Crippen LogP contribution >= 0.6 is 0 Å². The van der Waals surface area contributed by atoms with Crippen LogP contribution in [0.1, 0.15) is 6.42 Å². The number of carbonyl (C=O) groups is 1. The standard InChI is InChI=1S/C7H9NO2/c8-7(9)2-1-6-3-4-10-5-6/h6H,3-5H2,(H2,8,9). The van der Waals surface area contributed by atoms with Crippen molar-refractivity contribution >= 4 is 5.91 Å². The highest BCUT2D eigenvalue weighted by Crippen LogP contribution is 2.09. The lowest BCUT2D eigenvalue weighted by atomic mass is 10.1. The summed E-state index contributed by atoms with van der Waals surface area (Å²) in [6.45, 7) is 1.39. The highest BCUT2D eigenvalue weighted by molar-refractivity contribution is 5.91. The highest BCUT2D eigenvalue weighted by atomic mass is 16.5. The van der Waals surface area contributed by atoms with Crippen LogP contribution in [0.2, 0.25) is 0 Å². The minimum absolute atomic E-state index is 0.215. The lowest BCUT2D eigenvalue weighted by Gasteiger charge is -1.91. The summed E-state index contributed by atoms with van der Waals surface area (Å²) in [5.41, 5.74) is 4.82. The quantitative estimate of drug-likeness (QED) is 0.460. The van der Waals surface area contributed by atoms with Gasteiger partial charge in [-0.15, -0.1) is 0 Å². The minimum Gasteiger partial charge on any atom is -0.380 e. The Kier molecular flexibility index (Phi) is 2.30. The van der Waals surface area contributed by atoms with Gasteiger partial charge in [-0.05, 0) is 12.3 Å². The molecule has 3 nitrogen and oxygen atoms in total. The molecule has 0 spiro atoms. The van der Waals surface area contributed by atoms with E-state index in [1.54, 1.807) is 0 Å². The van der Waals surface area contributed by atoms with Gasteiger partial charge in [0.25, 0.3) is 5.91 Å². The second kappa shape index (κ2) is 3.23. The maximum Gasteiger partial charge on any atom is 0.293 e. The van der Waals surface area contributed by atoms with E-state index in [0.29, 0.717) is 6.61 Å². The summed E-state index contributed by atoms with van der Waals surface area (Å²) in [6.07, 6.45) is 0.917. The van der Waals surface area contributed by atoms with Crippen molar-refractivity contribution in [3.8, 4) is 11.8 Å². The van der Waals surface area contributed by atoms with Crippen LogP contribution in [-0.4, -0.2) is 19.1 Å². The second-order valence-corrected chi connectivity index (χ2v) is 2.19. The largest absolute Gasteiger partial charge is 0.380 e. The third-order valence-corrected chi connectivity index (χ3v) is 1.33. The molecule has 0 saturated carbocycles. The molecule has 1 saturated heterocycles. The maximum atomic E-state index is 10.2. The fourth-order valence-corrected chi connectivity index (χ4v) is 0.822. The predicted molar refractivity (Wildman–Crippen MR) is 35.9 cm³/mol. The van der Waals surface area contributed by atoms with Gasteiger partial charge in [-0.2, -0.15) is 0 Å². The number of hydrogen-bond donors (Lipinski definition) is 1. The summed E-state index contributed by atoms with van der Waals surface area (Å²) >= 11 is 0. The van der Waals surface area contributed by atoms with E-state index < -0.39 is 5.91 Å². The maximum absolute atomic E-state index is 10.2. The van der Waals surface area contributed by atoms with Gasteiger partial charge < -0.3 is 10.5 Å². The Morgan fingerprint density at radius 1 is 1.70 bits per heavy atom. The third kappa shape index (κ3) is 2.08. The summed E-state index contributed by atoms with van der Waals surface area (Å²) in [7, 11) is 0. The average molecular weight is 139 g/mol. The molecule has 1 heterocycles.